The maximum atomic E-state index is 11.5. The second kappa shape index (κ2) is 6.67. The average Bonchev–Trinajstić information content (AvgIpc) is 2.17. The van der Waals surface area contributed by atoms with E-state index in [1.54, 1.807) is 0 Å². The second-order valence-electron chi connectivity index (χ2n) is 4.29. The van der Waals surface area contributed by atoms with Gasteiger partial charge in [0.25, 0.3) is 0 Å². The van der Waals surface area contributed by atoms with E-state index in [4.69, 9.17) is 0 Å². The van der Waals surface area contributed by atoms with E-state index in [9.17, 15) is 14.4 Å². The van der Waals surface area contributed by atoms with Gasteiger partial charge in [-0.25, -0.2) is 0 Å². The van der Waals surface area contributed by atoms with E-state index in [1.807, 2.05) is 13.8 Å². The molecule has 0 fully saturated rings. The molecule has 0 spiro atoms. The zero-order chi connectivity index (χ0) is 11.9. The first-order valence-corrected chi connectivity index (χ1v) is 7.60. The van der Waals surface area contributed by atoms with E-state index >= 15 is 0 Å². The Morgan fingerprint density at radius 1 is 1.00 bits per heavy atom. The van der Waals surface area contributed by atoms with Gasteiger partial charge in [-0.3, -0.25) is 4.57 Å². The van der Waals surface area contributed by atoms with E-state index in [1.165, 1.54) is 0 Å². The Labute approximate surface area is 93.4 Å². The normalized spacial score (nSPS) is 13.1. The molecule has 0 heterocycles. The lowest BCUT2D eigenvalue weighted by Gasteiger charge is -2.32. The first kappa shape index (κ1) is 15.2. The van der Waals surface area contributed by atoms with Crippen molar-refractivity contribution in [1.29, 1.82) is 0 Å². The van der Waals surface area contributed by atoms with Crippen molar-refractivity contribution in [2.75, 3.05) is 0 Å². The van der Waals surface area contributed by atoms with E-state index in [0.717, 1.165) is 25.7 Å². The molecule has 0 unspecified atom stereocenters. The third kappa shape index (κ3) is 4.26. The van der Waals surface area contributed by atoms with Crippen LogP contribution < -0.4 is 0 Å². The largest absolute Gasteiger partial charge is 0.331 e. The maximum absolute atomic E-state index is 11.5. The van der Waals surface area contributed by atoms with Gasteiger partial charge >= 0.3 is 7.60 Å². The predicted molar refractivity (Wildman–Crippen MR) is 64.1 cm³/mol. The summed E-state index contributed by atoms with van der Waals surface area (Å²) in [6.07, 6.45) is 6.12. The molecule has 0 radical (unpaired) electrons. The molecule has 0 aliphatic carbocycles. The van der Waals surface area contributed by atoms with Gasteiger partial charge in [0, 0.05) is 0 Å². The van der Waals surface area contributed by atoms with Crippen molar-refractivity contribution in [3.63, 3.8) is 0 Å². The molecule has 0 saturated carbocycles. The summed E-state index contributed by atoms with van der Waals surface area (Å²) in [4.78, 5) is 18.8. The quantitative estimate of drug-likeness (QED) is 0.499. The van der Waals surface area contributed by atoms with Gasteiger partial charge in [-0.05, 0) is 19.3 Å². The first-order chi connectivity index (χ1) is 6.93. The highest BCUT2D eigenvalue weighted by Crippen LogP contribution is 2.57. The Bertz CT molecular complexity index is 206. The van der Waals surface area contributed by atoms with Crippen molar-refractivity contribution >= 4 is 7.60 Å². The molecule has 15 heavy (non-hydrogen) atoms. The van der Waals surface area contributed by atoms with Crippen molar-refractivity contribution < 1.29 is 14.4 Å². The molecule has 0 rings (SSSR count). The highest BCUT2D eigenvalue weighted by molar-refractivity contribution is 7.53. The second-order valence-corrected chi connectivity index (χ2v) is 6.32. The summed E-state index contributed by atoms with van der Waals surface area (Å²) >= 11 is 0. The lowest BCUT2D eigenvalue weighted by Crippen LogP contribution is -2.27. The molecule has 0 aromatic heterocycles. The van der Waals surface area contributed by atoms with Gasteiger partial charge in [-0.2, -0.15) is 0 Å². The molecule has 0 aromatic rings. The summed E-state index contributed by atoms with van der Waals surface area (Å²) in [6, 6.07) is 0. The molecule has 0 aromatic carbocycles. The van der Waals surface area contributed by atoms with Crippen LogP contribution in [0.4, 0.5) is 0 Å². The van der Waals surface area contributed by atoms with Crippen molar-refractivity contribution in [2.24, 2.45) is 0 Å². The number of unbranched alkanes of at least 4 members (excludes halogenated alkanes) is 3. The van der Waals surface area contributed by atoms with Crippen LogP contribution in [-0.4, -0.2) is 14.9 Å². The summed E-state index contributed by atoms with van der Waals surface area (Å²) in [5.74, 6) is 0. The van der Waals surface area contributed by atoms with Gasteiger partial charge in [0.2, 0.25) is 0 Å². The summed E-state index contributed by atoms with van der Waals surface area (Å²) in [5.41, 5.74) is 0. The van der Waals surface area contributed by atoms with Crippen LogP contribution in [0.5, 0.6) is 0 Å². The molecule has 4 heteroatoms. The Kier molecular flexibility index (Phi) is 6.74. The van der Waals surface area contributed by atoms with E-state index in [2.05, 4.69) is 6.92 Å². The predicted octanol–water partition coefficient (Wildman–Crippen LogP) is 3.69. The van der Waals surface area contributed by atoms with Crippen LogP contribution in [0.1, 0.15) is 65.7 Å². The molecule has 0 aliphatic rings. The van der Waals surface area contributed by atoms with Crippen LogP contribution in [0.25, 0.3) is 0 Å². The minimum absolute atomic E-state index is 0.569. The maximum Gasteiger partial charge on any atom is 0.331 e. The Balaban J connectivity index is 4.33. The van der Waals surface area contributed by atoms with Gasteiger partial charge in [-0.1, -0.05) is 46.5 Å². The number of rotatable bonds is 8. The number of hydrogen-bond donors (Lipinski definition) is 2. The Morgan fingerprint density at radius 3 is 1.87 bits per heavy atom. The SMILES string of the molecule is CCCCCCC(CC)(CC)P(=O)(O)O. The molecule has 0 aliphatic heterocycles. The summed E-state index contributed by atoms with van der Waals surface area (Å²) in [7, 11) is -3.96. The zero-order valence-corrected chi connectivity index (χ0v) is 11.1. The molecule has 0 saturated heterocycles. The van der Waals surface area contributed by atoms with Crippen LogP contribution in [0, 0.1) is 0 Å². The van der Waals surface area contributed by atoms with Crippen molar-refractivity contribution in [1.82, 2.24) is 0 Å². The number of hydrogen-bond acceptors (Lipinski definition) is 1. The highest BCUT2D eigenvalue weighted by atomic mass is 31.2. The molecule has 92 valence electrons. The van der Waals surface area contributed by atoms with E-state index in [-0.39, 0.29) is 0 Å². The fourth-order valence-electron chi connectivity index (χ4n) is 2.04. The van der Waals surface area contributed by atoms with Crippen molar-refractivity contribution in [3.05, 3.63) is 0 Å². The molecule has 0 atom stereocenters. The van der Waals surface area contributed by atoms with Crippen molar-refractivity contribution in [3.8, 4) is 0 Å². The topological polar surface area (TPSA) is 57.5 Å². The van der Waals surface area contributed by atoms with Crippen LogP contribution in [0.3, 0.4) is 0 Å². The fourth-order valence-corrected chi connectivity index (χ4v) is 3.32. The molecule has 2 N–H and O–H groups in total. The third-order valence-corrected chi connectivity index (χ3v) is 5.52. The molecular formula is C11H25O3P. The van der Waals surface area contributed by atoms with Crippen LogP contribution >= 0.6 is 7.60 Å². The van der Waals surface area contributed by atoms with E-state index < -0.39 is 12.8 Å². The van der Waals surface area contributed by atoms with Gasteiger partial charge in [0.1, 0.15) is 0 Å². The standard InChI is InChI=1S/C11H25O3P/c1-4-7-8-9-10-11(5-2,6-3)15(12,13)14/h4-10H2,1-3H3,(H2,12,13,14). The minimum atomic E-state index is -3.96. The monoisotopic (exact) mass is 236 g/mol. The molecular weight excluding hydrogens is 211 g/mol. The third-order valence-electron chi connectivity index (χ3n) is 3.43. The molecule has 0 amide bonds. The average molecular weight is 236 g/mol. The summed E-state index contributed by atoms with van der Waals surface area (Å²) in [6.45, 7) is 5.89. The first-order valence-electron chi connectivity index (χ1n) is 5.99. The molecule has 3 nitrogen and oxygen atoms in total. The lowest BCUT2D eigenvalue weighted by molar-refractivity contribution is 0.300. The zero-order valence-electron chi connectivity index (χ0n) is 10.2. The van der Waals surface area contributed by atoms with Gasteiger partial charge in [0.15, 0.2) is 0 Å². The van der Waals surface area contributed by atoms with E-state index in [0.29, 0.717) is 19.3 Å². The fraction of sp³-hybridized carbons (Fsp3) is 1.00. The summed E-state index contributed by atoms with van der Waals surface area (Å²) < 4.78 is 11.5. The Hall–Kier alpha value is 0.150. The Morgan fingerprint density at radius 2 is 1.53 bits per heavy atom. The van der Waals surface area contributed by atoms with Crippen molar-refractivity contribution in [2.45, 2.75) is 70.9 Å². The minimum Gasteiger partial charge on any atom is -0.324 e. The van der Waals surface area contributed by atoms with Gasteiger partial charge < -0.3 is 9.79 Å². The molecule has 0 bridgehead atoms. The smallest absolute Gasteiger partial charge is 0.324 e. The highest BCUT2D eigenvalue weighted by Gasteiger charge is 2.42. The lowest BCUT2D eigenvalue weighted by atomic mass is 9.94. The summed E-state index contributed by atoms with van der Waals surface area (Å²) in [5, 5.41) is -0.763. The van der Waals surface area contributed by atoms with Crippen LogP contribution in [0.15, 0.2) is 0 Å². The van der Waals surface area contributed by atoms with Gasteiger partial charge in [0.05, 0.1) is 5.16 Å². The van der Waals surface area contributed by atoms with Gasteiger partial charge in [-0.15, -0.1) is 0 Å². The van der Waals surface area contributed by atoms with Crippen LogP contribution in [0.2, 0.25) is 0 Å². The van der Waals surface area contributed by atoms with Crippen LogP contribution in [-0.2, 0) is 4.57 Å².